The lowest BCUT2D eigenvalue weighted by Crippen LogP contribution is -2.20. The van der Waals surface area contributed by atoms with Gasteiger partial charge in [-0.3, -0.25) is 9.89 Å². The first-order valence-electron chi connectivity index (χ1n) is 8.49. The fourth-order valence-corrected chi connectivity index (χ4v) is 2.98. The predicted octanol–water partition coefficient (Wildman–Crippen LogP) is 3.66. The minimum absolute atomic E-state index is 0.352. The van der Waals surface area contributed by atoms with Gasteiger partial charge in [-0.25, -0.2) is 5.43 Å². The van der Waals surface area contributed by atoms with Crippen LogP contribution in [0.25, 0.3) is 0 Å². The topological polar surface area (TPSA) is 70.1 Å². The summed E-state index contributed by atoms with van der Waals surface area (Å²) in [6, 6.07) is 5.03. The van der Waals surface area contributed by atoms with Crippen molar-refractivity contribution >= 4 is 12.1 Å². The molecule has 0 saturated heterocycles. The number of aryl methyl sites for hydroxylation is 2. The normalized spacial score (nSPS) is 14.4. The minimum atomic E-state index is -4.32. The van der Waals surface area contributed by atoms with E-state index in [0.29, 0.717) is 18.5 Å². The molecular weight excluding hydrogens is 345 g/mol. The zero-order chi connectivity index (χ0) is 18.6. The third kappa shape index (κ3) is 4.30. The second-order valence-electron chi connectivity index (χ2n) is 6.22. The molecule has 138 valence electrons. The van der Waals surface area contributed by atoms with Crippen LogP contribution in [0.1, 0.15) is 52.1 Å². The predicted molar refractivity (Wildman–Crippen MR) is 91.0 cm³/mol. The second kappa shape index (κ2) is 7.72. The number of rotatable bonds is 5. The number of hydrazone groups is 1. The summed E-state index contributed by atoms with van der Waals surface area (Å²) in [6.45, 7) is 0. The van der Waals surface area contributed by atoms with E-state index in [0.717, 1.165) is 54.6 Å². The van der Waals surface area contributed by atoms with Crippen LogP contribution in [-0.4, -0.2) is 22.3 Å². The van der Waals surface area contributed by atoms with Crippen LogP contribution in [0.3, 0.4) is 0 Å². The summed E-state index contributed by atoms with van der Waals surface area (Å²) in [4.78, 5) is 12.1. The van der Waals surface area contributed by atoms with Gasteiger partial charge < -0.3 is 0 Å². The molecule has 0 fully saturated rings. The van der Waals surface area contributed by atoms with Crippen LogP contribution in [0.5, 0.6) is 0 Å². The molecule has 1 aliphatic carbocycles. The molecule has 0 aliphatic heterocycles. The Morgan fingerprint density at radius 2 is 1.96 bits per heavy atom. The first-order valence-corrected chi connectivity index (χ1v) is 8.49. The number of nitrogens with one attached hydrogen (secondary N) is 2. The van der Waals surface area contributed by atoms with Crippen LogP contribution in [0.15, 0.2) is 29.4 Å². The first kappa shape index (κ1) is 18.2. The Morgan fingerprint density at radius 1 is 1.23 bits per heavy atom. The lowest BCUT2D eigenvalue weighted by atomic mass is 9.96. The molecule has 3 rings (SSSR count). The number of nitrogens with zero attached hydrogens (tertiary/aromatic N) is 2. The zero-order valence-electron chi connectivity index (χ0n) is 14.1. The van der Waals surface area contributed by atoms with Crippen LogP contribution >= 0.6 is 0 Å². The number of aromatic nitrogens is 2. The van der Waals surface area contributed by atoms with Crippen molar-refractivity contribution in [3.05, 3.63) is 52.3 Å². The Bertz CT molecular complexity index is 794. The van der Waals surface area contributed by atoms with Crippen LogP contribution in [-0.2, 0) is 25.4 Å². The number of alkyl halides is 3. The van der Waals surface area contributed by atoms with E-state index < -0.39 is 11.7 Å². The maximum Gasteiger partial charge on any atom is 0.416 e. The summed E-state index contributed by atoms with van der Waals surface area (Å²) in [5.74, 6) is -0.352. The number of hydrogen-bond acceptors (Lipinski definition) is 3. The van der Waals surface area contributed by atoms with Crippen LogP contribution in [0, 0.1) is 0 Å². The first-order chi connectivity index (χ1) is 12.4. The maximum atomic E-state index is 12.5. The summed E-state index contributed by atoms with van der Waals surface area (Å²) in [5.41, 5.74) is 4.94. The van der Waals surface area contributed by atoms with Gasteiger partial charge >= 0.3 is 6.18 Å². The third-order valence-electron chi connectivity index (χ3n) is 4.37. The van der Waals surface area contributed by atoms with E-state index in [1.165, 1.54) is 18.3 Å². The molecule has 1 aliphatic rings. The van der Waals surface area contributed by atoms with E-state index in [4.69, 9.17) is 0 Å². The van der Waals surface area contributed by atoms with Gasteiger partial charge in [-0.2, -0.15) is 23.4 Å². The molecule has 0 spiro atoms. The minimum Gasteiger partial charge on any atom is -0.281 e. The molecule has 0 unspecified atom stereocenters. The Balaban J connectivity index is 1.47. The number of carbonyl (C=O) groups excluding carboxylic acids is 1. The summed E-state index contributed by atoms with van der Waals surface area (Å²) in [6.07, 6.45) is 2.14. The smallest absolute Gasteiger partial charge is 0.281 e. The summed E-state index contributed by atoms with van der Waals surface area (Å²) in [7, 11) is 0. The summed E-state index contributed by atoms with van der Waals surface area (Å²) < 4.78 is 37.5. The summed E-state index contributed by atoms with van der Waals surface area (Å²) >= 11 is 0. The van der Waals surface area contributed by atoms with Crippen LogP contribution in [0.2, 0.25) is 0 Å². The van der Waals surface area contributed by atoms with Crippen LogP contribution < -0.4 is 5.43 Å². The number of amides is 1. The van der Waals surface area contributed by atoms with Gasteiger partial charge in [-0.1, -0.05) is 12.1 Å². The fraction of sp³-hybridized carbons (Fsp3) is 0.389. The van der Waals surface area contributed by atoms with Crippen molar-refractivity contribution in [1.82, 2.24) is 15.6 Å². The van der Waals surface area contributed by atoms with Crippen molar-refractivity contribution in [3.63, 3.8) is 0 Å². The second-order valence-corrected chi connectivity index (χ2v) is 6.22. The number of carbonyl (C=O) groups is 1. The molecule has 1 heterocycles. The highest BCUT2D eigenvalue weighted by molar-refractivity contribution is 5.94. The highest BCUT2D eigenvalue weighted by Gasteiger charge is 2.29. The van der Waals surface area contributed by atoms with E-state index in [9.17, 15) is 18.0 Å². The average molecular weight is 364 g/mol. The van der Waals surface area contributed by atoms with E-state index in [-0.39, 0.29) is 5.91 Å². The van der Waals surface area contributed by atoms with Crippen molar-refractivity contribution in [1.29, 1.82) is 0 Å². The Morgan fingerprint density at radius 3 is 2.69 bits per heavy atom. The molecule has 2 aromatic rings. The van der Waals surface area contributed by atoms with Crippen molar-refractivity contribution in [3.8, 4) is 0 Å². The van der Waals surface area contributed by atoms with E-state index in [1.807, 2.05) is 0 Å². The van der Waals surface area contributed by atoms with Gasteiger partial charge in [0.1, 0.15) is 0 Å². The van der Waals surface area contributed by atoms with Crippen LogP contribution in [0.4, 0.5) is 13.2 Å². The highest BCUT2D eigenvalue weighted by atomic mass is 19.4. The zero-order valence-corrected chi connectivity index (χ0v) is 14.1. The van der Waals surface area contributed by atoms with Crippen molar-refractivity contribution < 1.29 is 18.0 Å². The molecule has 2 N–H and O–H groups in total. The lowest BCUT2D eigenvalue weighted by molar-refractivity contribution is -0.137. The van der Waals surface area contributed by atoms with E-state index in [1.54, 1.807) is 0 Å². The van der Waals surface area contributed by atoms with Crippen molar-refractivity contribution in [2.75, 3.05) is 0 Å². The molecule has 1 aromatic heterocycles. The van der Waals surface area contributed by atoms with Gasteiger partial charge in [0.15, 0.2) is 5.69 Å². The lowest BCUT2D eigenvalue weighted by Gasteiger charge is -2.10. The maximum absolute atomic E-state index is 12.5. The van der Waals surface area contributed by atoms with Gasteiger partial charge in [0.2, 0.25) is 0 Å². The number of hydrogen-bond donors (Lipinski definition) is 2. The molecular formula is C18H19F3N4O. The van der Waals surface area contributed by atoms with Gasteiger partial charge in [0.25, 0.3) is 5.91 Å². The highest BCUT2D eigenvalue weighted by Crippen LogP contribution is 2.29. The molecule has 1 amide bonds. The largest absolute Gasteiger partial charge is 0.416 e. The molecule has 1 aromatic carbocycles. The molecule has 0 bridgehead atoms. The van der Waals surface area contributed by atoms with Gasteiger partial charge in [0, 0.05) is 17.5 Å². The van der Waals surface area contributed by atoms with Crippen molar-refractivity contribution in [2.24, 2.45) is 5.10 Å². The van der Waals surface area contributed by atoms with E-state index >= 15 is 0 Å². The fourth-order valence-electron chi connectivity index (χ4n) is 2.98. The molecule has 5 nitrogen and oxygen atoms in total. The number of benzene rings is 1. The monoisotopic (exact) mass is 364 g/mol. The number of H-pyrrole nitrogens is 1. The molecule has 0 radical (unpaired) electrons. The average Bonchev–Trinajstić information content (AvgIpc) is 3.05. The van der Waals surface area contributed by atoms with Gasteiger partial charge in [-0.15, -0.1) is 0 Å². The Labute approximate surface area is 148 Å². The Kier molecular flexibility index (Phi) is 5.39. The van der Waals surface area contributed by atoms with Crippen molar-refractivity contribution in [2.45, 2.75) is 44.7 Å². The number of aromatic amines is 1. The summed E-state index contributed by atoms with van der Waals surface area (Å²) in [5, 5.41) is 10.9. The van der Waals surface area contributed by atoms with E-state index in [2.05, 4.69) is 20.7 Å². The Hall–Kier alpha value is -2.64. The molecule has 0 saturated carbocycles. The van der Waals surface area contributed by atoms with Gasteiger partial charge in [-0.05, 0) is 56.2 Å². The number of fused-ring (bicyclic) bond motifs is 1. The standard InChI is InChI=1S/C18H19F3N4O/c19-18(20,21)13-9-7-12(8-10-13)4-3-11-22-25-17(26)16-14-5-1-2-6-15(14)23-24-16/h7-11H,1-6H2,(H,23,24)(H,25,26)/b22-11+. The molecule has 8 heteroatoms. The quantitative estimate of drug-likeness (QED) is 0.628. The molecule has 0 atom stereocenters. The molecule has 26 heavy (non-hydrogen) atoms. The third-order valence-corrected chi connectivity index (χ3v) is 4.37. The number of halogens is 3. The van der Waals surface area contributed by atoms with Gasteiger partial charge in [0.05, 0.1) is 5.56 Å². The SMILES string of the molecule is O=C(N/N=C/CCc1ccc(C(F)(F)F)cc1)c1n[nH]c2c1CCCC2.